The highest BCUT2D eigenvalue weighted by molar-refractivity contribution is 6.39. The standard InChI is InChI=1S/C61H101N3O16/c1-12-75-30-31-77-33-32-76-29-27-62-54(66)39-78-63-55-44(6)34-40(2)18-14-13-15-19-42(4)52(72-9)38-48-24-22-46(8)61(71,80-48)58(68)59(69)64-28-17-16-20-49(64)60(70)79-51(26-21-41(3)35-45(7)56(67)57(55)74-11)43(5)36-47-23-25-50(65)53(37-47)73-10/h13-15,18-19,35,40-41,43-44,46-53,56-57,65,67,71H,12,16-17,20-34,36-39H2,1-11H3,(H,62,66)/b15-13+,18-14+,42-19+,45-35+,63-55+/t40-,41+,43-,44-,46-,47+,48+,49+,50-,51+,52+,53-,56-,57+,61-/m1/s1. The van der Waals surface area contributed by atoms with Crippen molar-refractivity contribution in [3.8, 4) is 0 Å². The van der Waals surface area contributed by atoms with Crippen LogP contribution in [-0.4, -0.2) is 185 Å². The molecule has 2 bridgehead atoms. The van der Waals surface area contributed by atoms with Gasteiger partial charge in [-0.1, -0.05) is 76.2 Å². The molecule has 0 spiro atoms. The van der Waals surface area contributed by atoms with Crippen LogP contribution in [0.15, 0.2) is 52.8 Å². The van der Waals surface area contributed by atoms with Gasteiger partial charge in [-0.25, -0.2) is 4.79 Å². The molecule has 0 radical (unpaired) electrons. The fourth-order valence-corrected chi connectivity index (χ4v) is 11.5. The Kier molecular flexibility index (Phi) is 30.8. The van der Waals surface area contributed by atoms with Crippen LogP contribution < -0.4 is 5.32 Å². The van der Waals surface area contributed by atoms with E-state index in [9.17, 15) is 34.5 Å². The van der Waals surface area contributed by atoms with Crippen molar-refractivity contribution in [3.05, 3.63) is 47.6 Å². The number of nitrogens with one attached hydrogen (secondary N) is 1. The molecule has 4 N–H and O–H groups in total. The van der Waals surface area contributed by atoms with E-state index in [0.717, 1.165) is 12.0 Å². The summed E-state index contributed by atoms with van der Waals surface area (Å²) in [6.45, 7) is 18.3. The van der Waals surface area contributed by atoms with Gasteiger partial charge in [0.15, 0.2) is 6.61 Å². The van der Waals surface area contributed by atoms with E-state index in [1.165, 1.54) is 12.0 Å². The van der Waals surface area contributed by atoms with E-state index in [1.54, 1.807) is 21.1 Å². The number of allylic oxidation sites excluding steroid dienone is 6. The molecule has 0 aromatic carbocycles. The maximum absolute atomic E-state index is 14.6. The molecule has 3 heterocycles. The van der Waals surface area contributed by atoms with E-state index in [-0.39, 0.29) is 62.0 Å². The lowest BCUT2D eigenvalue weighted by atomic mass is 9.78. The number of piperidine rings is 1. The zero-order valence-corrected chi connectivity index (χ0v) is 50.1. The maximum atomic E-state index is 14.6. The monoisotopic (exact) mass is 1130 g/mol. The van der Waals surface area contributed by atoms with Crippen molar-refractivity contribution >= 4 is 29.3 Å². The summed E-state index contributed by atoms with van der Waals surface area (Å²) in [6, 6.07) is -1.05. The van der Waals surface area contributed by atoms with Gasteiger partial charge >= 0.3 is 5.97 Å². The number of aliphatic hydroxyl groups is 3. The van der Waals surface area contributed by atoms with E-state index in [2.05, 4.69) is 30.4 Å². The molecule has 1 saturated carbocycles. The number of esters is 1. The van der Waals surface area contributed by atoms with Crippen LogP contribution in [0.5, 0.6) is 0 Å². The Labute approximate surface area is 477 Å². The molecular formula is C61H101N3O16. The van der Waals surface area contributed by atoms with Gasteiger partial charge in [-0.15, -0.1) is 0 Å². The lowest BCUT2D eigenvalue weighted by Crippen LogP contribution is -2.61. The van der Waals surface area contributed by atoms with E-state index < -0.39 is 77.9 Å². The minimum Gasteiger partial charge on any atom is -0.461 e. The number of nitrogens with zero attached hydrogens (tertiary/aromatic N) is 2. The molecular weight excluding hydrogens is 1030 g/mol. The summed E-state index contributed by atoms with van der Waals surface area (Å²) in [7, 11) is 4.71. The highest BCUT2D eigenvalue weighted by Crippen LogP contribution is 2.38. The first-order valence-electron chi connectivity index (χ1n) is 29.6. The smallest absolute Gasteiger partial charge is 0.329 e. The average molecular weight is 1130 g/mol. The Hall–Kier alpha value is -3.89. The number of carbonyl (C=O) groups excluding carboxylic acids is 4. The number of carbonyl (C=O) groups is 4. The number of fused-ring (bicyclic) bond motifs is 3. The van der Waals surface area contributed by atoms with Crippen molar-refractivity contribution in [1.82, 2.24) is 10.2 Å². The highest BCUT2D eigenvalue weighted by atomic mass is 16.6. The van der Waals surface area contributed by atoms with Crippen LogP contribution in [0.4, 0.5) is 0 Å². The second-order valence-corrected chi connectivity index (χ2v) is 22.8. The van der Waals surface area contributed by atoms with E-state index in [0.29, 0.717) is 121 Å². The van der Waals surface area contributed by atoms with Crippen molar-refractivity contribution < 1.29 is 77.2 Å². The quantitative estimate of drug-likeness (QED) is 0.0335. The van der Waals surface area contributed by atoms with Gasteiger partial charge in [0.2, 0.25) is 5.79 Å². The molecule has 4 rings (SSSR count). The molecule has 2 saturated heterocycles. The average Bonchev–Trinajstić information content (AvgIpc) is 3.44. The number of cyclic esters (lactones) is 1. The van der Waals surface area contributed by atoms with Gasteiger partial charge in [0.25, 0.3) is 17.6 Å². The molecule has 1 aliphatic carbocycles. The maximum Gasteiger partial charge on any atom is 0.329 e. The van der Waals surface area contributed by atoms with Crippen molar-refractivity contribution in [2.24, 2.45) is 40.7 Å². The SMILES string of the molecule is CCOCCOCCOCCNC(=O)CO/N=C1\[C@H](C)C[C@H](C)/C=C/C=C/C=C(\C)[C@@H](OC)C[C@@H]2CC[C@@H](C)[C@@](O)(O2)C(=O)C(=O)N2CCCC[C@H]2C(=O)O[C@H]([C@H](C)C[C@@H]2CC[C@@H](O)[C@H](OC)C2)CC[C@H](C)/C=C(\C)[C@@H](O)[C@H]1OC. The molecule has 0 aromatic rings. The summed E-state index contributed by atoms with van der Waals surface area (Å²) < 4.78 is 46.6. The van der Waals surface area contributed by atoms with E-state index in [1.807, 2.05) is 65.0 Å². The number of amides is 2. The number of ketones is 1. The first-order chi connectivity index (χ1) is 38.3. The summed E-state index contributed by atoms with van der Waals surface area (Å²) in [5.41, 5.74) is 1.94. The zero-order valence-electron chi connectivity index (χ0n) is 50.1. The number of ether oxygens (including phenoxy) is 8. The molecule has 2 amide bonds. The van der Waals surface area contributed by atoms with Gasteiger partial charge in [0, 0.05) is 59.3 Å². The molecule has 4 aliphatic rings. The summed E-state index contributed by atoms with van der Waals surface area (Å²) in [4.78, 5) is 63.2. The fraction of sp³-hybridized carbons (Fsp3) is 0.787. The molecule has 456 valence electrons. The van der Waals surface area contributed by atoms with Crippen LogP contribution in [0.1, 0.15) is 139 Å². The largest absolute Gasteiger partial charge is 0.461 e. The number of oxime groups is 1. The van der Waals surface area contributed by atoms with Crippen LogP contribution in [0.2, 0.25) is 0 Å². The number of methoxy groups -OCH3 is 3. The first kappa shape index (κ1) is 68.6. The van der Waals surface area contributed by atoms with Gasteiger partial charge in [0.05, 0.1) is 63.2 Å². The van der Waals surface area contributed by atoms with Gasteiger partial charge in [0.1, 0.15) is 24.4 Å². The predicted molar refractivity (Wildman–Crippen MR) is 304 cm³/mol. The minimum atomic E-state index is -2.40. The third-order valence-electron chi connectivity index (χ3n) is 16.4. The van der Waals surface area contributed by atoms with Crippen LogP contribution >= 0.6 is 0 Å². The molecule has 0 unspecified atom stereocenters. The number of hydrogen-bond acceptors (Lipinski definition) is 17. The minimum absolute atomic E-state index is 0.0351. The van der Waals surface area contributed by atoms with Crippen molar-refractivity contribution in [1.29, 1.82) is 0 Å². The Morgan fingerprint density at radius 3 is 2.25 bits per heavy atom. The number of Topliss-reactive ketones (excluding diaryl/α,β-unsaturated/α-hetero) is 1. The number of rotatable bonds is 19. The normalized spacial score (nSPS) is 35.4. The highest BCUT2D eigenvalue weighted by Gasteiger charge is 2.53. The Morgan fingerprint density at radius 1 is 0.825 bits per heavy atom. The van der Waals surface area contributed by atoms with Gasteiger partial charge in [-0.2, -0.15) is 0 Å². The molecule has 19 nitrogen and oxygen atoms in total. The summed E-state index contributed by atoms with van der Waals surface area (Å²) in [5.74, 6) is -6.44. The van der Waals surface area contributed by atoms with Crippen LogP contribution in [0, 0.1) is 35.5 Å². The molecule has 3 aliphatic heterocycles. The first-order valence-corrected chi connectivity index (χ1v) is 29.6. The van der Waals surface area contributed by atoms with E-state index in [4.69, 9.17) is 42.7 Å². The van der Waals surface area contributed by atoms with Crippen LogP contribution in [0.3, 0.4) is 0 Å². The topological polar surface area (TPSA) is 240 Å². The Morgan fingerprint density at radius 2 is 1.55 bits per heavy atom. The molecule has 0 aromatic heterocycles. The summed E-state index contributed by atoms with van der Waals surface area (Å²) in [6.07, 6.45) is 14.4. The molecule has 15 atom stereocenters. The molecule has 19 heteroatoms. The molecule has 80 heavy (non-hydrogen) atoms. The van der Waals surface area contributed by atoms with Gasteiger partial charge in [-0.05, 0) is 133 Å². The van der Waals surface area contributed by atoms with Crippen molar-refractivity contribution in [2.75, 3.05) is 80.7 Å². The second-order valence-electron chi connectivity index (χ2n) is 22.8. The lowest BCUT2D eigenvalue weighted by molar-refractivity contribution is -0.265. The second kappa shape index (κ2) is 36.0. The number of hydrogen-bond donors (Lipinski definition) is 4. The molecule has 3 fully saturated rings. The van der Waals surface area contributed by atoms with Gasteiger partial charge in [-0.3, -0.25) is 14.4 Å². The predicted octanol–water partition coefficient (Wildman–Crippen LogP) is 6.99. The van der Waals surface area contributed by atoms with Crippen LogP contribution in [0.25, 0.3) is 0 Å². The zero-order chi connectivity index (χ0) is 58.8. The Bertz CT molecular complexity index is 2050. The van der Waals surface area contributed by atoms with Gasteiger partial charge < -0.3 is 68.3 Å². The van der Waals surface area contributed by atoms with Crippen molar-refractivity contribution in [3.63, 3.8) is 0 Å². The summed E-state index contributed by atoms with van der Waals surface area (Å²) >= 11 is 0. The lowest BCUT2D eigenvalue weighted by Gasteiger charge is -2.42. The van der Waals surface area contributed by atoms with Crippen molar-refractivity contribution in [2.45, 2.75) is 193 Å². The Balaban J connectivity index is 1.65. The van der Waals surface area contributed by atoms with Crippen LogP contribution in [-0.2, 0) is 61.9 Å². The number of aliphatic hydroxyl groups excluding tert-OH is 2. The summed E-state index contributed by atoms with van der Waals surface area (Å²) in [5, 5.41) is 42.0. The third-order valence-corrected chi connectivity index (χ3v) is 16.4. The van der Waals surface area contributed by atoms with E-state index >= 15 is 0 Å². The third kappa shape index (κ3) is 21.7. The fourth-order valence-electron chi connectivity index (χ4n) is 11.5.